The van der Waals surface area contributed by atoms with E-state index >= 15 is 0 Å². The van der Waals surface area contributed by atoms with Gasteiger partial charge in [-0.1, -0.05) is 36.4 Å². The van der Waals surface area contributed by atoms with Crippen LogP contribution in [0.15, 0.2) is 95.9 Å². The molecular weight excluding hydrogens is 661 g/mol. The Morgan fingerprint density at radius 2 is 1.67 bits per heavy atom. The van der Waals surface area contributed by atoms with E-state index in [0.29, 0.717) is 37.4 Å². The number of aromatic nitrogens is 4. The molecule has 0 radical (unpaired) electrons. The van der Waals surface area contributed by atoms with Gasteiger partial charge in [0.2, 0.25) is 5.91 Å². The molecule has 1 saturated heterocycles. The molecule has 14 heteroatoms. The minimum atomic E-state index is -4.68. The summed E-state index contributed by atoms with van der Waals surface area (Å²) in [7, 11) is 3.60. The Labute approximate surface area is 291 Å². The lowest BCUT2D eigenvalue weighted by Gasteiger charge is -2.42. The van der Waals surface area contributed by atoms with Crippen molar-refractivity contribution in [2.75, 3.05) is 33.2 Å². The highest BCUT2D eigenvalue weighted by atomic mass is 19.4. The van der Waals surface area contributed by atoms with Gasteiger partial charge in [0.15, 0.2) is 0 Å². The van der Waals surface area contributed by atoms with Crippen LogP contribution in [-0.4, -0.2) is 79.6 Å². The fourth-order valence-electron chi connectivity index (χ4n) is 6.53. The van der Waals surface area contributed by atoms with Gasteiger partial charge in [0.1, 0.15) is 23.8 Å². The zero-order valence-corrected chi connectivity index (χ0v) is 28.3. The molecule has 0 aliphatic carbocycles. The van der Waals surface area contributed by atoms with Gasteiger partial charge in [-0.05, 0) is 55.5 Å². The number of nitrogens with one attached hydrogen (secondary N) is 1. The second-order valence-corrected chi connectivity index (χ2v) is 12.9. The highest BCUT2D eigenvalue weighted by molar-refractivity contribution is 6.02. The first-order valence-electron chi connectivity index (χ1n) is 16.3. The normalized spacial score (nSPS) is 14.9. The zero-order chi connectivity index (χ0) is 36.5. The SMILES string of the molecule is C[C@H](NC(=O)c1c(-c2ccnn2-c2ccc(C#N)cc2)n(C)n(-c2cccc(C(F)(F)F)c2)c1=O)C(=O)N1CC[N+](C)(Cc2ccccc2)CC1. The standard InChI is InChI=1S/C37H35F3N8O3/c1-25(35(50)45-18-20-48(3,21-19-45)24-27-8-5-4-6-9-27)43-34(49)32-33(31-16-17-42-46(31)29-14-12-26(23-41)13-15-29)44(2)47(36(32)51)30-11-7-10-28(22-30)37(38,39)40/h4-17,22,25H,18-21,24H2,1-3H3/p+1/t25-/m0/s1. The van der Waals surface area contributed by atoms with E-state index in [9.17, 15) is 32.8 Å². The van der Waals surface area contributed by atoms with E-state index in [1.807, 2.05) is 24.3 Å². The minimum absolute atomic E-state index is 0.0587. The topological polar surface area (TPSA) is 118 Å². The molecule has 3 heterocycles. The number of alkyl halides is 3. The van der Waals surface area contributed by atoms with Gasteiger partial charge in [0.05, 0.1) is 73.7 Å². The fraction of sp³-hybridized carbons (Fsp3) is 0.270. The Hall–Kier alpha value is -5.94. The molecule has 1 fully saturated rings. The van der Waals surface area contributed by atoms with Gasteiger partial charge in [-0.3, -0.25) is 19.1 Å². The van der Waals surface area contributed by atoms with Gasteiger partial charge in [-0.15, -0.1) is 0 Å². The zero-order valence-electron chi connectivity index (χ0n) is 28.3. The maximum atomic E-state index is 14.2. The van der Waals surface area contributed by atoms with Crippen LogP contribution in [0.3, 0.4) is 0 Å². The van der Waals surface area contributed by atoms with Crippen molar-refractivity contribution >= 4 is 11.8 Å². The molecule has 0 unspecified atom stereocenters. The van der Waals surface area contributed by atoms with Crippen molar-refractivity contribution in [3.8, 4) is 28.8 Å². The average molecular weight is 698 g/mol. The van der Waals surface area contributed by atoms with Crippen molar-refractivity contribution in [2.24, 2.45) is 7.05 Å². The van der Waals surface area contributed by atoms with Gasteiger partial charge in [0.25, 0.3) is 11.5 Å². The summed E-state index contributed by atoms with van der Waals surface area (Å²) in [6, 6.07) is 23.4. The lowest BCUT2D eigenvalue weighted by molar-refractivity contribution is -0.926. The predicted molar refractivity (Wildman–Crippen MR) is 183 cm³/mol. The average Bonchev–Trinajstić information content (AvgIpc) is 3.69. The second-order valence-electron chi connectivity index (χ2n) is 12.9. The summed E-state index contributed by atoms with van der Waals surface area (Å²) in [6.07, 6.45) is -3.22. The number of carbonyl (C=O) groups excluding carboxylic acids is 2. The van der Waals surface area contributed by atoms with Crippen molar-refractivity contribution in [1.29, 1.82) is 5.26 Å². The van der Waals surface area contributed by atoms with E-state index in [0.717, 1.165) is 27.8 Å². The van der Waals surface area contributed by atoms with Crippen LogP contribution < -0.4 is 10.9 Å². The predicted octanol–water partition coefficient (Wildman–Crippen LogP) is 4.53. The first-order chi connectivity index (χ1) is 24.3. The molecule has 0 spiro atoms. The number of rotatable bonds is 8. The minimum Gasteiger partial charge on any atom is -0.340 e. The van der Waals surface area contributed by atoms with E-state index < -0.39 is 29.2 Å². The second kappa shape index (κ2) is 13.8. The summed E-state index contributed by atoms with van der Waals surface area (Å²) >= 11 is 0. The number of quaternary nitrogens is 1. The molecule has 2 amide bonds. The molecule has 5 aromatic rings. The molecular formula is C37H36F3N8O3+. The monoisotopic (exact) mass is 697 g/mol. The summed E-state index contributed by atoms with van der Waals surface area (Å²) in [4.78, 5) is 43.6. The number of benzene rings is 3. The molecule has 1 aliphatic heterocycles. The van der Waals surface area contributed by atoms with Crippen LogP contribution in [0.5, 0.6) is 0 Å². The van der Waals surface area contributed by atoms with E-state index in [2.05, 4.69) is 29.6 Å². The number of nitriles is 1. The van der Waals surface area contributed by atoms with Crippen LogP contribution >= 0.6 is 0 Å². The highest BCUT2D eigenvalue weighted by Crippen LogP contribution is 2.31. The van der Waals surface area contributed by atoms with E-state index in [4.69, 9.17) is 0 Å². The first kappa shape index (κ1) is 34.9. The van der Waals surface area contributed by atoms with E-state index in [-0.39, 0.29) is 28.5 Å². The Balaban J connectivity index is 1.32. The van der Waals surface area contributed by atoms with Crippen LogP contribution in [0.2, 0.25) is 0 Å². The number of carbonyl (C=O) groups is 2. The lowest BCUT2D eigenvalue weighted by Crippen LogP contribution is -2.60. The number of nitrogens with zero attached hydrogens (tertiary/aromatic N) is 7. The number of piperazine rings is 1. The summed E-state index contributed by atoms with van der Waals surface area (Å²) in [6.45, 7) is 4.75. The first-order valence-corrected chi connectivity index (χ1v) is 16.3. The molecule has 11 nitrogen and oxygen atoms in total. The van der Waals surface area contributed by atoms with Gasteiger partial charge < -0.3 is 14.7 Å². The summed E-state index contributed by atoms with van der Waals surface area (Å²) in [5, 5.41) is 16.3. The number of amides is 2. The van der Waals surface area contributed by atoms with Crippen molar-refractivity contribution < 1.29 is 27.2 Å². The molecule has 6 rings (SSSR count). The third-order valence-corrected chi connectivity index (χ3v) is 9.29. The number of hydrogen-bond acceptors (Lipinski definition) is 5. The van der Waals surface area contributed by atoms with Crippen LogP contribution in [0.25, 0.3) is 22.8 Å². The third kappa shape index (κ3) is 7.06. The summed E-state index contributed by atoms with van der Waals surface area (Å²) in [5.41, 5.74) is 0.103. The Morgan fingerprint density at radius 3 is 2.31 bits per heavy atom. The largest absolute Gasteiger partial charge is 0.416 e. The molecule has 2 aromatic heterocycles. The van der Waals surface area contributed by atoms with E-state index in [1.54, 1.807) is 42.2 Å². The van der Waals surface area contributed by atoms with Gasteiger partial charge in [0, 0.05) is 12.6 Å². The van der Waals surface area contributed by atoms with Gasteiger partial charge in [-0.2, -0.15) is 23.5 Å². The van der Waals surface area contributed by atoms with E-state index in [1.165, 1.54) is 40.3 Å². The van der Waals surface area contributed by atoms with Crippen LogP contribution in [0.1, 0.15) is 34.0 Å². The number of hydrogen-bond donors (Lipinski definition) is 1. The smallest absolute Gasteiger partial charge is 0.340 e. The lowest BCUT2D eigenvalue weighted by atomic mass is 10.1. The molecule has 3 aromatic carbocycles. The van der Waals surface area contributed by atoms with Crippen LogP contribution in [0, 0.1) is 11.3 Å². The summed E-state index contributed by atoms with van der Waals surface area (Å²) in [5.74, 6) is -1.18. The Kier molecular flexibility index (Phi) is 9.42. The summed E-state index contributed by atoms with van der Waals surface area (Å²) < 4.78 is 45.6. The third-order valence-electron chi connectivity index (χ3n) is 9.29. The van der Waals surface area contributed by atoms with Gasteiger partial charge >= 0.3 is 6.18 Å². The fourth-order valence-corrected chi connectivity index (χ4v) is 6.53. The van der Waals surface area contributed by atoms with Crippen LogP contribution in [0.4, 0.5) is 13.2 Å². The number of halogens is 3. The molecule has 1 N–H and O–H groups in total. The maximum Gasteiger partial charge on any atom is 0.416 e. The molecule has 0 bridgehead atoms. The van der Waals surface area contributed by atoms with Crippen molar-refractivity contribution in [1.82, 2.24) is 29.4 Å². The molecule has 0 saturated carbocycles. The Morgan fingerprint density at radius 1 is 0.980 bits per heavy atom. The van der Waals surface area contributed by atoms with Crippen molar-refractivity contribution in [3.05, 3.63) is 124 Å². The van der Waals surface area contributed by atoms with Crippen molar-refractivity contribution in [2.45, 2.75) is 25.7 Å². The van der Waals surface area contributed by atoms with Crippen LogP contribution in [-0.2, 0) is 24.6 Å². The number of likely N-dealkylation sites (N-methyl/N-ethyl adjacent to an activating group) is 1. The molecule has 1 aliphatic rings. The molecule has 262 valence electrons. The van der Waals surface area contributed by atoms with Gasteiger partial charge in [-0.25, -0.2) is 9.36 Å². The maximum absolute atomic E-state index is 14.2. The highest BCUT2D eigenvalue weighted by Gasteiger charge is 2.36. The Bertz CT molecular complexity index is 2170. The quantitative estimate of drug-likeness (QED) is 0.239. The van der Waals surface area contributed by atoms with Crippen molar-refractivity contribution in [3.63, 3.8) is 0 Å². The molecule has 1 atom stereocenters. The molecule has 51 heavy (non-hydrogen) atoms.